The van der Waals surface area contributed by atoms with Crippen LogP contribution in [0.15, 0.2) is 24.3 Å². The molecule has 1 aromatic heterocycles. The summed E-state index contributed by atoms with van der Waals surface area (Å²) in [5, 5.41) is 11.0. The first-order valence-corrected chi connectivity index (χ1v) is 9.36. The van der Waals surface area contributed by atoms with Gasteiger partial charge in [-0.15, -0.1) is 0 Å². The Labute approximate surface area is 149 Å². The van der Waals surface area contributed by atoms with E-state index in [0.717, 1.165) is 62.0 Å². The molecule has 2 fully saturated rings. The quantitative estimate of drug-likeness (QED) is 0.894. The van der Waals surface area contributed by atoms with Gasteiger partial charge in [0.25, 0.3) is 0 Å². The first-order valence-electron chi connectivity index (χ1n) is 9.36. The number of aromatic amines is 1. The number of rotatable bonds is 4. The smallest absolute Gasteiger partial charge is 0.181 e. The van der Waals surface area contributed by atoms with E-state index in [-0.39, 0.29) is 0 Å². The van der Waals surface area contributed by atoms with Crippen molar-refractivity contribution in [2.45, 2.75) is 37.7 Å². The number of likely N-dealkylation sites (tertiary alicyclic amines) is 1. The molecule has 6 heteroatoms. The minimum Gasteiger partial charge on any atom is -0.490 e. The molecule has 0 radical (unpaired) electrons. The molecule has 134 valence electrons. The highest BCUT2D eigenvalue weighted by molar-refractivity contribution is 5.55. The average Bonchev–Trinajstić information content (AvgIpc) is 3.15. The van der Waals surface area contributed by atoms with Gasteiger partial charge in [0.15, 0.2) is 5.82 Å². The SMILES string of the molecule is CN1CCC(Oc2ccc(-c3n[nH]c(C4CCCNC4)n3)cc2)CC1. The van der Waals surface area contributed by atoms with E-state index in [1.807, 2.05) is 12.1 Å². The molecule has 0 aliphatic carbocycles. The van der Waals surface area contributed by atoms with Crippen molar-refractivity contribution >= 4 is 0 Å². The van der Waals surface area contributed by atoms with Gasteiger partial charge in [-0.3, -0.25) is 5.10 Å². The van der Waals surface area contributed by atoms with Crippen molar-refractivity contribution in [1.82, 2.24) is 25.4 Å². The summed E-state index contributed by atoms with van der Waals surface area (Å²) in [7, 11) is 2.17. The van der Waals surface area contributed by atoms with Crippen molar-refractivity contribution in [1.29, 1.82) is 0 Å². The minimum atomic E-state index is 0.330. The molecule has 2 aliphatic rings. The van der Waals surface area contributed by atoms with Crippen LogP contribution in [0.3, 0.4) is 0 Å². The lowest BCUT2D eigenvalue weighted by Gasteiger charge is -2.29. The molecule has 0 saturated carbocycles. The van der Waals surface area contributed by atoms with Crippen LogP contribution in [-0.4, -0.2) is 59.4 Å². The number of piperidine rings is 2. The van der Waals surface area contributed by atoms with Crippen molar-refractivity contribution < 1.29 is 4.74 Å². The predicted molar refractivity (Wildman–Crippen MR) is 97.8 cm³/mol. The van der Waals surface area contributed by atoms with Crippen LogP contribution in [0.25, 0.3) is 11.4 Å². The molecule has 2 aromatic rings. The average molecular weight is 341 g/mol. The van der Waals surface area contributed by atoms with Crippen molar-refractivity contribution in [3.05, 3.63) is 30.1 Å². The Bertz CT molecular complexity index is 669. The second-order valence-corrected chi connectivity index (χ2v) is 7.23. The summed E-state index contributed by atoms with van der Waals surface area (Å²) in [6.45, 7) is 4.31. The van der Waals surface area contributed by atoms with Gasteiger partial charge in [0.2, 0.25) is 0 Å². The van der Waals surface area contributed by atoms with Crippen LogP contribution in [0.1, 0.15) is 37.4 Å². The molecule has 2 aliphatic heterocycles. The molecule has 0 spiro atoms. The lowest BCUT2D eigenvalue weighted by Crippen LogP contribution is -2.35. The summed E-state index contributed by atoms with van der Waals surface area (Å²) in [5.74, 6) is 3.15. The summed E-state index contributed by atoms with van der Waals surface area (Å²) in [5.41, 5.74) is 1.03. The third-order valence-corrected chi connectivity index (χ3v) is 5.27. The predicted octanol–water partition coefficient (Wildman–Crippen LogP) is 2.41. The maximum Gasteiger partial charge on any atom is 0.181 e. The number of nitrogens with zero attached hydrogens (tertiary/aromatic N) is 3. The topological polar surface area (TPSA) is 66.1 Å². The summed E-state index contributed by atoms with van der Waals surface area (Å²) in [6, 6.07) is 8.17. The zero-order chi connectivity index (χ0) is 17.1. The summed E-state index contributed by atoms with van der Waals surface area (Å²) >= 11 is 0. The fraction of sp³-hybridized carbons (Fsp3) is 0.579. The zero-order valence-electron chi connectivity index (χ0n) is 14.9. The lowest BCUT2D eigenvalue weighted by molar-refractivity contribution is 0.114. The molecule has 0 amide bonds. The normalized spacial score (nSPS) is 22.8. The molecule has 1 unspecified atom stereocenters. The van der Waals surface area contributed by atoms with E-state index in [9.17, 15) is 0 Å². The van der Waals surface area contributed by atoms with Crippen LogP contribution in [-0.2, 0) is 0 Å². The van der Waals surface area contributed by atoms with Crippen molar-refractivity contribution in [2.24, 2.45) is 0 Å². The first kappa shape index (κ1) is 16.5. The molecular weight excluding hydrogens is 314 g/mol. The standard InChI is InChI=1S/C19H27N5O/c1-24-11-8-17(9-12-24)25-16-6-4-14(5-7-16)18-21-19(23-22-18)15-3-2-10-20-13-15/h4-7,15,17,20H,2-3,8-13H2,1H3,(H,21,22,23). The second kappa shape index (κ2) is 7.54. The third-order valence-electron chi connectivity index (χ3n) is 5.27. The summed E-state index contributed by atoms with van der Waals surface area (Å²) < 4.78 is 6.11. The largest absolute Gasteiger partial charge is 0.490 e. The van der Waals surface area contributed by atoms with Gasteiger partial charge < -0.3 is 15.0 Å². The van der Waals surface area contributed by atoms with Crippen molar-refractivity contribution in [2.75, 3.05) is 33.2 Å². The molecule has 1 aromatic carbocycles. The third kappa shape index (κ3) is 4.02. The Morgan fingerprint density at radius 2 is 1.92 bits per heavy atom. The molecule has 6 nitrogen and oxygen atoms in total. The highest BCUT2D eigenvalue weighted by atomic mass is 16.5. The van der Waals surface area contributed by atoms with Crippen LogP contribution in [0, 0.1) is 0 Å². The van der Waals surface area contributed by atoms with E-state index in [0.29, 0.717) is 12.0 Å². The Hall–Kier alpha value is -1.92. The van der Waals surface area contributed by atoms with Gasteiger partial charge in [-0.05, 0) is 63.5 Å². The van der Waals surface area contributed by atoms with E-state index >= 15 is 0 Å². The van der Waals surface area contributed by atoms with Gasteiger partial charge in [0.1, 0.15) is 17.7 Å². The number of benzene rings is 1. The number of hydrogen-bond donors (Lipinski definition) is 2. The molecule has 4 rings (SSSR count). The zero-order valence-corrected chi connectivity index (χ0v) is 14.9. The molecule has 25 heavy (non-hydrogen) atoms. The number of nitrogens with one attached hydrogen (secondary N) is 2. The van der Waals surface area contributed by atoms with Gasteiger partial charge in [0, 0.05) is 31.1 Å². The van der Waals surface area contributed by atoms with Crippen molar-refractivity contribution in [3.63, 3.8) is 0 Å². The van der Waals surface area contributed by atoms with Gasteiger partial charge in [0.05, 0.1) is 0 Å². The number of aromatic nitrogens is 3. The fourth-order valence-electron chi connectivity index (χ4n) is 3.65. The van der Waals surface area contributed by atoms with E-state index in [2.05, 4.69) is 39.6 Å². The van der Waals surface area contributed by atoms with Crippen LogP contribution < -0.4 is 10.1 Å². The first-order chi connectivity index (χ1) is 12.3. The monoisotopic (exact) mass is 341 g/mol. The van der Waals surface area contributed by atoms with Gasteiger partial charge >= 0.3 is 0 Å². The Morgan fingerprint density at radius 1 is 1.12 bits per heavy atom. The van der Waals surface area contributed by atoms with Gasteiger partial charge in [-0.25, -0.2) is 4.98 Å². The van der Waals surface area contributed by atoms with Crippen LogP contribution in [0.2, 0.25) is 0 Å². The minimum absolute atomic E-state index is 0.330. The van der Waals surface area contributed by atoms with Crippen molar-refractivity contribution in [3.8, 4) is 17.1 Å². The highest BCUT2D eigenvalue weighted by Crippen LogP contribution is 2.25. The molecule has 0 bridgehead atoms. The van der Waals surface area contributed by atoms with Crippen LogP contribution >= 0.6 is 0 Å². The molecule has 1 atom stereocenters. The molecule has 2 saturated heterocycles. The molecular formula is C19H27N5O. The summed E-state index contributed by atoms with van der Waals surface area (Å²) in [6.07, 6.45) is 4.89. The molecule has 3 heterocycles. The van der Waals surface area contributed by atoms with Crippen LogP contribution in [0.5, 0.6) is 5.75 Å². The van der Waals surface area contributed by atoms with Gasteiger partial charge in [-0.1, -0.05) is 0 Å². The Morgan fingerprint density at radius 3 is 2.64 bits per heavy atom. The van der Waals surface area contributed by atoms with E-state index in [1.54, 1.807) is 0 Å². The summed E-state index contributed by atoms with van der Waals surface area (Å²) in [4.78, 5) is 7.06. The Kier molecular flexibility index (Phi) is 4.99. The number of H-pyrrole nitrogens is 1. The van der Waals surface area contributed by atoms with E-state index in [1.165, 1.54) is 12.8 Å². The molecule has 2 N–H and O–H groups in total. The van der Waals surface area contributed by atoms with E-state index < -0.39 is 0 Å². The lowest BCUT2D eigenvalue weighted by atomic mass is 9.99. The highest BCUT2D eigenvalue weighted by Gasteiger charge is 2.20. The Balaban J connectivity index is 1.39. The maximum absolute atomic E-state index is 6.11. The second-order valence-electron chi connectivity index (χ2n) is 7.23. The fourth-order valence-corrected chi connectivity index (χ4v) is 3.65. The number of ether oxygens (including phenoxy) is 1. The van der Waals surface area contributed by atoms with Crippen LogP contribution in [0.4, 0.5) is 0 Å². The number of hydrogen-bond acceptors (Lipinski definition) is 5. The van der Waals surface area contributed by atoms with Gasteiger partial charge in [-0.2, -0.15) is 5.10 Å². The van der Waals surface area contributed by atoms with E-state index in [4.69, 9.17) is 9.72 Å². The maximum atomic E-state index is 6.11.